The summed E-state index contributed by atoms with van der Waals surface area (Å²) in [5, 5.41) is 0. The number of rotatable bonds is 4. The molecule has 4 nitrogen and oxygen atoms in total. The number of hydrogen-bond acceptors (Lipinski definition) is 4. The Balaban J connectivity index is 2.28. The lowest BCUT2D eigenvalue weighted by Crippen LogP contribution is -2.19. The van der Waals surface area contributed by atoms with Crippen molar-refractivity contribution in [1.29, 1.82) is 0 Å². The summed E-state index contributed by atoms with van der Waals surface area (Å²) in [4.78, 5) is 9.43. The minimum absolute atomic E-state index is 0.511. The zero-order valence-electron chi connectivity index (χ0n) is 12.4. The summed E-state index contributed by atoms with van der Waals surface area (Å²) in [5.41, 5.74) is 4.93. The Morgan fingerprint density at radius 1 is 1.26 bits per heavy atom. The molecule has 2 rings (SSSR count). The summed E-state index contributed by atoms with van der Waals surface area (Å²) in [6, 6.07) is 0. The van der Waals surface area contributed by atoms with E-state index < -0.39 is 0 Å². The summed E-state index contributed by atoms with van der Waals surface area (Å²) < 4.78 is 0. The normalized spacial score (nSPS) is 23.4. The molecular formula is C15H26N4. The van der Waals surface area contributed by atoms with E-state index in [9.17, 15) is 0 Å². The third-order valence-electron chi connectivity index (χ3n) is 4.46. The van der Waals surface area contributed by atoms with Gasteiger partial charge in [0.25, 0.3) is 0 Å². The standard InChI is InChI=1S/C15H26N4/c1-4-11-7-6-8-12(9-11)15-17-13(5-2)10(3)14(18-15)19-16/h11-12H,4-9,16H2,1-3H3,(H,17,18,19). The van der Waals surface area contributed by atoms with E-state index in [1.165, 1.54) is 32.1 Å². The van der Waals surface area contributed by atoms with Gasteiger partial charge in [0, 0.05) is 17.2 Å². The first kappa shape index (κ1) is 14.3. The number of nitrogens with two attached hydrogens (primary N) is 1. The molecule has 2 unspecified atom stereocenters. The number of nitrogen functional groups attached to an aromatic ring is 1. The predicted octanol–water partition coefficient (Wildman–Crippen LogP) is 3.32. The van der Waals surface area contributed by atoms with Gasteiger partial charge in [0.15, 0.2) is 0 Å². The summed E-state index contributed by atoms with van der Waals surface area (Å²) in [7, 11) is 0. The molecule has 1 heterocycles. The highest BCUT2D eigenvalue weighted by atomic mass is 15.3. The number of hydrazine groups is 1. The number of aromatic nitrogens is 2. The molecule has 1 saturated carbocycles. The third kappa shape index (κ3) is 3.06. The Hall–Kier alpha value is -1.16. The summed E-state index contributed by atoms with van der Waals surface area (Å²) in [6.07, 6.45) is 7.30. The van der Waals surface area contributed by atoms with Crippen molar-refractivity contribution in [1.82, 2.24) is 9.97 Å². The van der Waals surface area contributed by atoms with Crippen molar-refractivity contribution < 1.29 is 0 Å². The lowest BCUT2D eigenvalue weighted by atomic mass is 9.80. The quantitative estimate of drug-likeness (QED) is 0.645. The molecule has 1 fully saturated rings. The monoisotopic (exact) mass is 262 g/mol. The van der Waals surface area contributed by atoms with Gasteiger partial charge < -0.3 is 5.43 Å². The average molecular weight is 262 g/mol. The Morgan fingerprint density at radius 3 is 2.68 bits per heavy atom. The van der Waals surface area contributed by atoms with Crippen molar-refractivity contribution in [3.05, 3.63) is 17.1 Å². The molecule has 0 aliphatic heterocycles. The van der Waals surface area contributed by atoms with Crippen LogP contribution in [0.5, 0.6) is 0 Å². The van der Waals surface area contributed by atoms with Gasteiger partial charge in [-0.15, -0.1) is 0 Å². The van der Waals surface area contributed by atoms with Gasteiger partial charge in [-0.3, -0.25) is 0 Å². The fourth-order valence-corrected chi connectivity index (χ4v) is 3.15. The molecule has 0 saturated heterocycles. The molecule has 1 aromatic heterocycles. The van der Waals surface area contributed by atoms with E-state index in [4.69, 9.17) is 10.8 Å². The van der Waals surface area contributed by atoms with Gasteiger partial charge in [-0.2, -0.15) is 0 Å². The predicted molar refractivity (Wildman–Crippen MR) is 78.9 cm³/mol. The van der Waals surface area contributed by atoms with Crippen molar-refractivity contribution >= 4 is 5.82 Å². The van der Waals surface area contributed by atoms with Crippen molar-refractivity contribution in [3.63, 3.8) is 0 Å². The SMILES string of the molecule is CCc1nc(C2CCCC(CC)C2)nc(NN)c1C. The highest BCUT2D eigenvalue weighted by Crippen LogP contribution is 2.36. The lowest BCUT2D eigenvalue weighted by molar-refractivity contribution is 0.307. The number of nitrogens with zero attached hydrogens (tertiary/aromatic N) is 2. The van der Waals surface area contributed by atoms with Crippen LogP contribution in [0.4, 0.5) is 5.82 Å². The topological polar surface area (TPSA) is 63.8 Å². The van der Waals surface area contributed by atoms with Gasteiger partial charge in [0.1, 0.15) is 11.6 Å². The first-order chi connectivity index (χ1) is 9.19. The fraction of sp³-hybridized carbons (Fsp3) is 0.733. The molecule has 1 aliphatic carbocycles. The van der Waals surface area contributed by atoms with E-state index in [1.807, 2.05) is 6.92 Å². The molecule has 0 bridgehead atoms. The Kier molecular flexibility index (Phi) is 4.75. The Bertz CT molecular complexity index is 405. The van der Waals surface area contributed by atoms with Crippen LogP contribution >= 0.6 is 0 Å². The maximum atomic E-state index is 5.59. The van der Waals surface area contributed by atoms with Gasteiger partial charge in [-0.25, -0.2) is 15.8 Å². The van der Waals surface area contributed by atoms with Crippen LogP contribution in [0.2, 0.25) is 0 Å². The number of anilines is 1. The van der Waals surface area contributed by atoms with Crippen LogP contribution < -0.4 is 11.3 Å². The molecule has 1 aliphatic rings. The molecule has 4 heteroatoms. The Morgan fingerprint density at radius 2 is 2.05 bits per heavy atom. The number of hydrogen-bond donors (Lipinski definition) is 2. The highest BCUT2D eigenvalue weighted by molar-refractivity contribution is 5.45. The van der Waals surface area contributed by atoms with Gasteiger partial charge >= 0.3 is 0 Å². The van der Waals surface area contributed by atoms with Crippen molar-refractivity contribution in [2.75, 3.05) is 5.43 Å². The van der Waals surface area contributed by atoms with Gasteiger partial charge in [-0.1, -0.05) is 33.1 Å². The minimum atomic E-state index is 0.511. The molecule has 0 aromatic carbocycles. The molecular weight excluding hydrogens is 236 g/mol. The molecule has 0 radical (unpaired) electrons. The van der Waals surface area contributed by atoms with E-state index >= 15 is 0 Å². The van der Waals surface area contributed by atoms with Crippen LogP contribution in [0.1, 0.15) is 69.0 Å². The molecule has 3 N–H and O–H groups in total. The van der Waals surface area contributed by atoms with Crippen molar-refractivity contribution in [2.45, 2.75) is 65.2 Å². The molecule has 1 aromatic rings. The fourth-order valence-electron chi connectivity index (χ4n) is 3.15. The minimum Gasteiger partial charge on any atom is -0.308 e. The largest absolute Gasteiger partial charge is 0.308 e. The zero-order valence-corrected chi connectivity index (χ0v) is 12.4. The second-order valence-corrected chi connectivity index (χ2v) is 5.64. The van der Waals surface area contributed by atoms with E-state index in [0.717, 1.165) is 35.2 Å². The second kappa shape index (κ2) is 6.33. The van der Waals surface area contributed by atoms with Gasteiger partial charge in [0.2, 0.25) is 0 Å². The van der Waals surface area contributed by atoms with Crippen LogP contribution in [-0.2, 0) is 6.42 Å². The summed E-state index contributed by atoms with van der Waals surface area (Å²) >= 11 is 0. The number of aryl methyl sites for hydroxylation is 1. The first-order valence-electron chi connectivity index (χ1n) is 7.53. The van der Waals surface area contributed by atoms with E-state index in [1.54, 1.807) is 0 Å². The average Bonchev–Trinajstić information content (AvgIpc) is 2.47. The lowest BCUT2D eigenvalue weighted by Gasteiger charge is -2.28. The van der Waals surface area contributed by atoms with Crippen LogP contribution in [0, 0.1) is 12.8 Å². The molecule has 2 atom stereocenters. The molecule has 106 valence electrons. The third-order valence-corrected chi connectivity index (χ3v) is 4.46. The van der Waals surface area contributed by atoms with Crippen molar-refractivity contribution in [3.8, 4) is 0 Å². The summed E-state index contributed by atoms with van der Waals surface area (Å²) in [5.74, 6) is 8.72. The summed E-state index contributed by atoms with van der Waals surface area (Å²) in [6.45, 7) is 6.45. The van der Waals surface area contributed by atoms with E-state index in [2.05, 4.69) is 24.3 Å². The van der Waals surface area contributed by atoms with E-state index in [0.29, 0.717) is 5.92 Å². The molecule has 0 spiro atoms. The molecule has 0 amide bonds. The first-order valence-corrected chi connectivity index (χ1v) is 7.53. The maximum absolute atomic E-state index is 5.59. The zero-order chi connectivity index (χ0) is 13.8. The Labute approximate surface area is 116 Å². The highest BCUT2D eigenvalue weighted by Gasteiger charge is 2.25. The van der Waals surface area contributed by atoms with Gasteiger partial charge in [-0.05, 0) is 32.1 Å². The van der Waals surface area contributed by atoms with Crippen LogP contribution in [0.3, 0.4) is 0 Å². The number of nitrogens with one attached hydrogen (secondary N) is 1. The van der Waals surface area contributed by atoms with Crippen molar-refractivity contribution in [2.24, 2.45) is 11.8 Å². The molecule has 19 heavy (non-hydrogen) atoms. The van der Waals surface area contributed by atoms with Crippen LogP contribution in [0.15, 0.2) is 0 Å². The van der Waals surface area contributed by atoms with Gasteiger partial charge in [0.05, 0.1) is 0 Å². The second-order valence-electron chi connectivity index (χ2n) is 5.64. The maximum Gasteiger partial charge on any atom is 0.146 e. The van der Waals surface area contributed by atoms with Crippen LogP contribution in [-0.4, -0.2) is 9.97 Å². The smallest absolute Gasteiger partial charge is 0.146 e. The van der Waals surface area contributed by atoms with Crippen LogP contribution in [0.25, 0.3) is 0 Å². The van der Waals surface area contributed by atoms with E-state index in [-0.39, 0.29) is 0 Å².